The van der Waals surface area contributed by atoms with Crippen LogP contribution in [0.3, 0.4) is 0 Å². The average molecular weight is 358 g/mol. The van der Waals surface area contributed by atoms with Gasteiger partial charge in [0, 0.05) is 13.1 Å². The summed E-state index contributed by atoms with van der Waals surface area (Å²) < 4.78 is 0. The van der Waals surface area contributed by atoms with Crippen LogP contribution in [0.1, 0.15) is 36.2 Å². The van der Waals surface area contributed by atoms with Gasteiger partial charge in [-0.15, -0.1) is 0 Å². The molecule has 0 spiro atoms. The highest BCUT2D eigenvalue weighted by Crippen LogP contribution is 2.57. The predicted molar refractivity (Wildman–Crippen MR) is 89.5 cm³/mol. The van der Waals surface area contributed by atoms with E-state index in [1.165, 1.54) is 23.5 Å². The molecule has 9 heteroatoms. The molecule has 1 saturated heterocycles. The van der Waals surface area contributed by atoms with E-state index in [4.69, 9.17) is 0 Å². The minimum Gasteiger partial charge on any atom is -0.481 e. The number of fused-ring (bicyclic) bond motifs is 1. The normalized spacial score (nSPS) is 20.7. The maximum atomic E-state index is 12.7. The summed E-state index contributed by atoms with van der Waals surface area (Å²) in [5.41, 5.74) is -2.18. The lowest BCUT2D eigenvalue weighted by Gasteiger charge is -2.41. The summed E-state index contributed by atoms with van der Waals surface area (Å²) in [5, 5.41) is 20.5. The van der Waals surface area contributed by atoms with Gasteiger partial charge in [-0.05, 0) is 31.7 Å². The zero-order chi connectivity index (χ0) is 18.5. The first kappa shape index (κ1) is 16.6. The largest absolute Gasteiger partial charge is 0.481 e. The fourth-order valence-electron chi connectivity index (χ4n) is 3.81. The van der Waals surface area contributed by atoms with Crippen molar-refractivity contribution < 1.29 is 19.8 Å². The highest BCUT2D eigenvalue weighted by Gasteiger charge is 2.64. The minimum atomic E-state index is -1.28. The quantitative estimate of drug-likeness (QED) is 0.710. The summed E-state index contributed by atoms with van der Waals surface area (Å²) in [6.45, 7) is 0.487. The van der Waals surface area contributed by atoms with Gasteiger partial charge in [0.1, 0.15) is 5.69 Å². The van der Waals surface area contributed by atoms with Gasteiger partial charge in [0.15, 0.2) is 0 Å². The summed E-state index contributed by atoms with van der Waals surface area (Å²) in [7, 11) is 0. The van der Waals surface area contributed by atoms with Crippen LogP contribution in [0.15, 0.2) is 23.4 Å². The number of aromatic amines is 1. The van der Waals surface area contributed by atoms with Crippen molar-refractivity contribution in [2.45, 2.75) is 31.3 Å². The molecule has 1 amide bonds. The van der Waals surface area contributed by atoms with Crippen LogP contribution in [-0.2, 0) is 4.79 Å². The number of likely N-dealkylation sites (tertiary alicyclic amines) is 1. The molecule has 0 unspecified atom stereocenters. The van der Waals surface area contributed by atoms with Crippen LogP contribution in [0.4, 0.5) is 0 Å². The summed E-state index contributed by atoms with van der Waals surface area (Å²) in [6, 6.07) is 1.41. The van der Waals surface area contributed by atoms with Crippen molar-refractivity contribution in [2.75, 3.05) is 13.1 Å². The first-order chi connectivity index (χ1) is 12.4. The number of aliphatic hydroxyl groups is 1. The summed E-state index contributed by atoms with van der Waals surface area (Å²) >= 11 is 0. The Hall–Kier alpha value is -2.81. The average Bonchev–Trinajstić information content (AvgIpc) is 3.45. The molecule has 3 N–H and O–H groups in total. The molecule has 2 fully saturated rings. The molecule has 1 aliphatic carbocycles. The van der Waals surface area contributed by atoms with Crippen LogP contribution in [0.25, 0.3) is 10.9 Å². The molecule has 9 nitrogen and oxygen atoms in total. The second-order valence-electron chi connectivity index (χ2n) is 7.03. The first-order valence-electron chi connectivity index (χ1n) is 8.45. The van der Waals surface area contributed by atoms with Gasteiger partial charge in [-0.1, -0.05) is 0 Å². The number of amides is 1. The molecule has 2 aliphatic rings. The first-order valence-corrected chi connectivity index (χ1v) is 8.45. The molecule has 0 bridgehead atoms. The Morgan fingerprint density at radius 1 is 1.15 bits per heavy atom. The number of carbonyl (C=O) groups excluding carboxylic acids is 1. The van der Waals surface area contributed by atoms with E-state index in [1.807, 2.05) is 0 Å². The number of aromatic nitrogens is 3. The molecule has 0 aromatic carbocycles. The van der Waals surface area contributed by atoms with E-state index in [1.54, 1.807) is 0 Å². The number of hydrogen-bond donors (Lipinski definition) is 3. The number of nitrogens with one attached hydrogen (secondary N) is 1. The van der Waals surface area contributed by atoms with Crippen molar-refractivity contribution in [1.29, 1.82) is 0 Å². The molecule has 4 rings (SSSR count). The molecule has 1 aliphatic heterocycles. The Balaban J connectivity index is 1.53. The number of H-pyrrole nitrogens is 1. The van der Waals surface area contributed by atoms with E-state index in [0.717, 1.165) is 0 Å². The molecule has 26 heavy (non-hydrogen) atoms. The van der Waals surface area contributed by atoms with Crippen molar-refractivity contribution in [2.24, 2.45) is 5.41 Å². The van der Waals surface area contributed by atoms with Gasteiger partial charge in [0.05, 0.1) is 34.4 Å². The van der Waals surface area contributed by atoms with Crippen LogP contribution < -0.4 is 5.56 Å². The number of piperidine rings is 1. The number of pyridine rings is 1. The Labute approximate surface area is 147 Å². The number of rotatable bonds is 3. The molecular weight excluding hydrogens is 340 g/mol. The van der Waals surface area contributed by atoms with Crippen molar-refractivity contribution in [3.05, 3.63) is 34.6 Å². The third-order valence-corrected chi connectivity index (χ3v) is 5.67. The van der Waals surface area contributed by atoms with Gasteiger partial charge >= 0.3 is 5.97 Å². The highest BCUT2D eigenvalue weighted by molar-refractivity contribution is 5.95. The van der Waals surface area contributed by atoms with E-state index in [2.05, 4.69) is 15.0 Å². The lowest BCUT2D eigenvalue weighted by Crippen LogP contribution is -2.53. The zero-order valence-electron chi connectivity index (χ0n) is 13.9. The van der Waals surface area contributed by atoms with E-state index >= 15 is 0 Å². The van der Waals surface area contributed by atoms with Gasteiger partial charge in [0.2, 0.25) is 0 Å². The second kappa shape index (κ2) is 5.60. The third-order valence-electron chi connectivity index (χ3n) is 5.67. The monoisotopic (exact) mass is 358 g/mol. The Kier molecular flexibility index (Phi) is 3.58. The highest BCUT2D eigenvalue weighted by atomic mass is 16.4. The predicted octanol–water partition coefficient (Wildman–Crippen LogP) is 0.150. The Bertz CT molecular complexity index is 957. The zero-order valence-corrected chi connectivity index (χ0v) is 13.9. The molecule has 0 atom stereocenters. The minimum absolute atomic E-state index is 0.126. The Morgan fingerprint density at radius 3 is 2.46 bits per heavy atom. The van der Waals surface area contributed by atoms with E-state index in [-0.39, 0.29) is 48.5 Å². The van der Waals surface area contributed by atoms with Gasteiger partial charge in [-0.3, -0.25) is 14.4 Å². The Morgan fingerprint density at radius 2 is 1.85 bits per heavy atom. The summed E-state index contributed by atoms with van der Waals surface area (Å²) in [5.74, 6) is -1.32. The summed E-state index contributed by atoms with van der Waals surface area (Å²) in [6.07, 6.45) is 4.00. The number of carbonyl (C=O) groups is 2. The molecule has 1 saturated carbocycles. The van der Waals surface area contributed by atoms with Crippen LogP contribution in [0.5, 0.6) is 0 Å². The fourth-order valence-corrected chi connectivity index (χ4v) is 3.81. The van der Waals surface area contributed by atoms with E-state index < -0.39 is 17.0 Å². The lowest BCUT2D eigenvalue weighted by molar-refractivity contribution is -0.160. The third kappa shape index (κ3) is 2.38. The van der Waals surface area contributed by atoms with Crippen molar-refractivity contribution in [1.82, 2.24) is 19.9 Å². The van der Waals surface area contributed by atoms with E-state index in [0.29, 0.717) is 18.4 Å². The molecule has 0 radical (unpaired) electrons. The molecule has 2 aromatic heterocycles. The number of aliphatic carboxylic acids is 1. The standard InChI is InChI=1S/C17H18N4O5/c22-13-10-7-11(18-8-12(10)19-9-20-13)14(23)21-5-3-17(26,4-6-21)16(1-2-16)15(24)25/h7-9,26H,1-6H2,(H,24,25)(H,19,20,22). The van der Waals surface area contributed by atoms with Crippen LogP contribution in [0.2, 0.25) is 0 Å². The van der Waals surface area contributed by atoms with Crippen LogP contribution >= 0.6 is 0 Å². The SMILES string of the molecule is O=C(c1cc2c(=O)[nH]cnc2cn1)N1CCC(O)(C2(C(=O)O)CC2)CC1. The molecule has 136 valence electrons. The lowest BCUT2D eigenvalue weighted by atomic mass is 9.76. The maximum absolute atomic E-state index is 12.7. The van der Waals surface area contributed by atoms with Crippen molar-refractivity contribution >= 4 is 22.8 Å². The van der Waals surface area contributed by atoms with Gasteiger partial charge < -0.3 is 20.1 Å². The smallest absolute Gasteiger partial charge is 0.312 e. The van der Waals surface area contributed by atoms with Gasteiger partial charge in [-0.25, -0.2) is 9.97 Å². The number of carboxylic acid groups (broad SMARTS) is 1. The van der Waals surface area contributed by atoms with Crippen molar-refractivity contribution in [3.63, 3.8) is 0 Å². The number of nitrogens with zero attached hydrogens (tertiary/aromatic N) is 3. The molecule has 3 heterocycles. The van der Waals surface area contributed by atoms with Gasteiger partial charge in [-0.2, -0.15) is 0 Å². The molecular formula is C17H18N4O5. The van der Waals surface area contributed by atoms with Crippen molar-refractivity contribution in [3.8, 4) is 0 Å². The maximum Gasteiger partial charge on any atom is 0.312 e. The van der Waals surface area contributed by atoms with E-state index in [9.17, 15) is 24.6 Å². The summed E-state index contributed by atoms with van der Waals surface area (Å²) in [4.78, 5) is 48.1. The second-order valence-corrected chi connectivity index (χ2v) is 7.03. The molecule has 2 aromatic rings. The topological polar surface area (TPSA) is 136 Å². The van der Waals surface area contributed by atoms with Gasteiger partial charge in [0.25, 0.3) is 11.5 Å². The fraction of sp³-hybridized carbons (Fsp3) is 0.471. The number of carboxylic acids is 1. The van der Waals surface area contributed by atoms with Crippen LogP contribution in [-0.4, -0.2) is 60.6 Å². The van der Waals surface area contributed by atoms with Crippen LogP contribution in [0, 0.1) is 5.41 Å². The number of hydrogen-bond acceptors (Lipinski definition) is 6.